The smallest absolute Gasteiger partial charge is 0.314 e. The van der Waals surface area contributed by atoms with Gasteiger partial charge < -0.3 is 5.11 Å². The zero-order valence-corrected chi connectivity index (χ0v) is 11.7. The molecule has 3 rings (SSSR count). The van der Waals surface area contributed by atoms with Crippen molar-refractivity contribution in [2.45, 2.75) is 44.4 Å². The Kier molecular flexibility index (Phi) is 3.20. The van der Waals surface area contributed by atoms with E-state index in [4.69, 9.17) is 0 Å². The average molecular weight is 269 g/mol. The van der Waals surface area contributed by atoms with Gasteiger partial charge in [0.15, 0.2) is 0 Å². The second-order valence-corrected chi connectivity index (χ2v) is 5.84. The Morgan fingerprint density at radius 2 is 1.95 bits per heavy atom. The van der Waals surface area contributed by atoms with Crippen molar-refractivity contribution in [3.05, 3.63) is 41.7 Å². The summed E-state index contributed by atoms with van der Waals surface area (Å²) >= 11 is 0. The summed E-state index contributed by atoms with van der Waals surface area (Å²) in [6.45, 7) is 2.03. The minimum atomic E-state index is -0.698. The number of carboxylic acids is 1. The third-order valence-electron chi connectivity index (χ3n) is 4.63. The molecular formula is C17H19NO2. The van der Waals surface area contributed by atoms with Gasteiger partial charge in [-0.3, -0.25) is 9.78 Å². The highest BCUT2D eigenvalue weighted by Crippen LogP contribution is 2.40. The van der Waals surface area contributed by atoms with Crippen molar-refractivity contribution in [1.82, 2.24) is 4.98 Å². The third kappa shape index (κ3) is 1.98. The van der Waals surface area contributed by atoms with E-state index >= 15 is 0 Å². The van der Waals surface area contributed by atoms with Crippen molar-refractivity contribution >= 4 is 16.7 Å². The first kappa shape index (κ1) is 13.1. The molecule has 1 aliphatic rings. The van der Waals surface area contributed by atoms with Crippen LogP contribution >= 0.6 is 0 Å². The highest BCUT2D eigenvalue weighted by molar-refractivity contribution is 5.88. The SMILES string of the molecule is Cc1cncc2cc(C3(C(=O)O)CCCCC3)ccc12. The molecular weight excluding hydrogens is 250 g/mol. The second kappa shape index (κ2) is 4.89. The molecule has 0 aliphatic heterocycles. The molecule has 1 fully saturated rings. The van der Waals surface area contributed by atoms with E-state index in [1.54, 1.807) is 0 Å². The van der Waals surface area contributed by atoms with Crippen LogP contribution in [0.15, 0.2) is 30.6 Å². The van der Waals surface area contributed by atoms with Crippen LogP contribution in [0, 0.1) is 6.92 Å². The van der Waals surface area contributed by atoms with Gasteiger partial charge in [0.1, 0.15) is 0 Å². The van der Waals surface area contributed by atoms with Crippen LogP contribution in [0.4, 0.5) is 0 Å². The van der Waals surface area contributed by atoms with E-state index in [0.29, 0.717) is 0 Å². The maximum Gasteiger partial charge on any atom is 0.314 e. The molecule has 0 unspecified atom stereocenters. The lowest BCUT2D eigenvalue weighted by atomic mass is 9.69. The van der Waals surface area contributed by atoms with E-state index in [1.807, 2.05) is 37.5 Å². The molecule has 2 aromatic rings. The van der Waals surface area contributed by atoms with Gasteiger partial charge in [0.05, 0.1) is 5.41 Å². The van der Waals surface area contributed by atoms with Crippen LogP contribution in [0.5, 0.6) is 0 Å². The van der Waals surface area contributed by atoms with Crippen molar-refractivity contribution in [1.29, 1.82) is 0 Å². The molecule has 20 heavy (non-hydrogen) atoms. The number of carboxylic acid groups (broad SMARTS) is 1. The van der Waals surface area contributed by atoms with Crippen LogP contribution in [-0.2, 0) is 10.2 Å². The van der Waals surface area contributed by atoms with Crippen molar-refractivity contribution in [2.24, 2.45) is 0 Å². The van der Waals surface area contributed by atoms with Crippen molar-refractivity contribution in [2.75, 3.05) is 0 Å². The molecule has 0 amide bonds. The number of hydrogen-bond donors (Lipinski definition) is 1. The van der Waals surface area contributed by atoms with Crippen LogP contribution in [0.1, 0.15) is 43.2 Å². The number of fused-ring (bicyclic) bond motifs is 1. The lowest BCUT2D eigenvalue weighted by Gasteiger charge is -2.33. The molecule has 0 atom stereocenters. The Bertz CT molecular complexity index is 657. The monoisotopic (exact) mass is 269 g/mol. The van der Waals surface area contributed by atoms with Gasteiger partial charge in [0.25, 0.3) is 0 Å². The summed E-state index contributed by atoms with van der Waals surface area (Å²) in [4.78, 5) is 16.1. The van der Waals surface area contributed by atoms with Crippen molar-refractivity contribution < 1.29 is 9.90 Å². The van der Waals surface area contributed by atoms with Gasteiger partial charge in [-0.25, -0.2) is 0 Å². The molecule has 1 aromatic heterocycles. The van der Waals surface area contributed by atoms with E-state index in [-0.39, 0.29) is 0 Å². The number of nitrogens with zero attached hydrogens (tertiary/aromatic N) is 1. The van der Waals surface area contributed by atoms with Crippen LogP contribution in [-0.4, -0.2) is 16.1 Å². The topological polar surface area (TPSA) is 50.2 Å². The van der Waals surface area contributed by atoms with Crippen LogP contribution < -0.4 is 0 Å². The van der Waals surface area contributed by atoms with E-state index in [9.17, 15) is 9.90 Å². The Hall–Kier alpha value is -1.90. The lowest BCUT2D eigenvalue weighted by Crippen LogP contribution is -2.37. The highest BCUT2D eigenvalue weighted by Gasteiger charge is 2.41. The van der Waals surface area contributed by atoms with Crippen LogP contribution in [0.2, 0.25) is 0 Å². The predicted octanol–water partition coefficient (Wildman–Crippen LogP) is 3.83. The Balaban J connectivity index is 2.14. The summed E-state index contributed by atoms with van der Waals surface area (Å²) in [6, 6.07) is 6.06. The number of aromatic nitrogens is 1. The Morgan fingerprint density at radius 3 is 2.65 bits per heavy atom. The van der Waals surface area contributed by atoms with Crippen molar-refractivity contribution in [3.63, 3.8) is 0 Å². The number of carbonyl (C=O) groups is 1. The minimum absolute atomic E-state index is 0.683. The molecule has 0 radical (unpaired) electrons. The number of aryl methyl sites for hydroxylation is 1. The van der Waals surface area contributed by atoms with Gasteiger partial charge in [0.2, 0.25) is 0 Å². The zero-order valence-electron chi connectivity index (χ0n) is 11.7. The molecule has 1 saturated carbocycles. The molecule has 0 spiro atoms. The first-order chi connectivity index (χ1) is 9.63. The van der Waals surface area contributed by atoms with E-state index in [2.05, 4.69) is 4.98 Å². The summed E-state index contributed by atoms with van der Waals surface area (Å²) in [6.07, 6.45) is 8.29. The van der Waals surface area contributed by atoms with Crippen LogP contribution in [0.3, 0.4) is 0 Å². The molecule has 1 heterocycles. The number of benzene rings is 1. The Morgan fingerprint density at radius 1 is 1.20 bits per heavy atom. The second-order valence-electron chi connectivity index (χ2n) is 5.84. The summed E-state index contributed by atoms with van der Waals surface area (Å²) in [5.41, 5.74) is 1.36. The zero-order chi connectivity index (χ0) is 14.2. The quantitative estimate of drug-likeness (QED) is 0.901. The standard InChI is InChI=1S/C17H19NO2/c1-12-10-18-11-13-9-14(5-6-15(12)13)17(16(19)20)7-3-2-4-8-17/h5-6,9-11H,2-4,7-8H2,1H3,(H,19,20). The van der Waals surface area contributed by atoms with E-state index in [1.165, 1.54) is 0 Å². The maximum absolute atomic E-state index is 11.9. The van der Waals surface area contributed by atoms with Gasteiger partial charge in [-0.15, -0.1) is 0 Å². The largest absolute Gasteiger partial charge is 0.481 e. The molecule has 0 saturated heterocycles. The first-order valence-corrected chi connectivity index (χ1v) is 7.22. The van der Waals surface area contributed by atoms with Crippen LogP contribution in [0.25, 0.3) is 10.8 Å². The fourth-order valence-corrected chi connectivity index (χ4v) is 3.41. The first-order valence-electron chi connectivity index (χ1n) is 7.22. The molecule has 104 valence electrons. The number of rotatable bonds is 2. The van der Waals surface area contributed by atoms with E-state index < -0.39 is 11.4 Å². The van der Waals surface area contributed by atoms with Gasteiger partial charge in [-0.1, -0.05) is 31.4 Å². The summed E-state index contributed by atoms with van der Waals surface area (Å²) in [7, 11) is 0. The molecule has 1 N–H and O–H groups in total. The highest BCUT2D eigenvalue weighted by atomic mass is 16.4. The number of pyridine rings is 1. The van der Waals surface area contributed by atoms with Gasteiger partial charge in [-0.05, 0) is 42.3 Å². The number of aliphatic carboxylic acids is 1. The summed E-state index contributed by atoms with van der Waals surface area (Å²) in [5, 5.41) is 11.9. The molecule has 0 bridgehead atoms. The molecule has 3 heteroatoms. The fraction of sp³-hybridized carbons (Fsp3) is 0.412. The maximum atomic E-state index is 11.9. The van der Waals surface area contributed by atoms with E-state index in [0.717, 1.165) is 54.0 Å². The normalized spacial score (nSPS) is 18.1. The summed E-state index contributed by atoms with van der Waals surface area (Å²) < 4.78 is 0. The third-order valence-corrected chi connectivity index (χ3v) is 4.63. The molecule has 1 aliphatic carbocycles. The van der Waals surface area contributed by atoms with Gasteiger partial charge in [-0.2, -0.15) is 0 Å². The van der Waals surface area contributed by atoms with Crippen molar-refractivity contribution in [3.8, 4) is 0 Å². The lowest BCUT2D eigenvalue weighted by molar-refractivity contribution is -0.145. The number of hydrogen-bond acceptors (Lipinski definition) is 2. The fourth-order valence-electron chi connectivity index (χ4n) is 3.41. The minimum Gasteiger partial charge on any atom is -0.481 e. The van der Waals surface area contributed by atoms with Gasteiger partial charge in [0, 0.05) is 17.8 Å². The molecule has 1 aromatic carbocycles. The predicted molar refractivity (Wildman–Crippen MR) is 78.9 cm³/mol. The average Bonchev–Trinajstić information content (AvgIpc) is 2.47. The van der Waals surface area contributed by atoms with Gasteiger partial charge >= 0.3 is 5.97 Å². The summed E-state index contributed by atoms with van der Waals surface area (Å²) in [5.74, 6) is -0.683. The Labute approximate surface area is 118 Å². The molecule has 3 nitrogen and oxygen atoms in total.